The number of aliphatic hydroxyl groups excluding tert-OH is 1. The lowest BCUT2D eigenvalue weighted by atomic mass is 10.3. The zero-order chi connectivity index (χ0) is 13.9. The second kappa shape index (κ2) is 6.18. The standard InChI is InChI=1S/C8H9Cl2NO5S2/c1-16-8(13)4(3-12)11-18(14,15)5-2-6(9)17-7(5)10/h2,4,11-12H,3H2,1H3. The highest BCUT2D eigenvalue weighted by Crippen LogP contribution is 2.34. The lowest BCUT2D eigenvalue weighted by Gasteiger charge is -2.13. The molecule has 0 aliphatic rings. The maximum absolute atomic E-state index is 11.9. The van der Waals surface area contributed by atoms with Crippen molar-refractivity contribution < 1.29 is 23.1 Å². The van der Waals surface area contributed by atoms with E-state index in [-0.39, 0.29) is 13.6 Å². The minimum atomic E-state index is -4.05. The van der Waals surface area contributed by atoms with Crippen LogP contribution < -0.4 is 4.72 Å². The molecule has 10 heteroatoms. The van der Waals surface area contributed by atoms with Crippen LogP contribution in [0.3, 0.4) is 0 Å². The molecular formula is C8H9Cl2NO5S2. The van der Waals surface area contributed by atoms with Crippen LogP contribution in [-0.4, -0.2) is 39.3 Å². The summed E-state index contributed by atoms with van der Waals surface area (Å²) in [7, 11) is -2.98. The van der Waals surface area contributed by atoms with Gasteiger partial charge >= 0.3 is 5.97 Å². The molecule has 1 aromatic rings. The van der Waals surface area contributed by atoms with E-state index < -0.39 is 28.6 Å². The monoisotopic (exact) mass is 333 g/mol. The molecule has 6 nitrogen and oxygen atoms in total. The first-order chi connectivity index (χ1) is 8.31. The van der Waals surface area contributed by atoms with Crippen molar-refractivity contribution in [1.29, 1.82) is 0 Å². The van der Waals surface area contributed by atoms with Crippen LogP contribution in [0.1, 0.15) is 0 Å². The normalized spacial score (nSPS) is 13.3. The van der Waals surface area contributed by atoms with Crippen molar-refractivity contribution >= 4 is 50.5 Å². The van der Waals surface area contributed by atoms with E-state index in [0.29, 0.717) is 0 Å². The van der Waals surface area contributed by atoms with Gasteiger partial charge in [0.15, 0.2) is 0 Å². The summed E-state index contributed by atoms with van der Waals surface area (Å²) in [5.74, 6) is -0.904. The zero-order valence-electron chi connectivity index (χ0n) is 9.01. The Kier molecular flexibility index (Phi) is 5.38. The van der Waals surface area contributed by atoms with E-state index in [2.05, 4.69) is 4.74 Å². The number of methoxy groups -OCH3 is 1. The third kappa shape index (κ3) is 3.56. The van der Waals surface area contributed by atoms with Crippen LogP contribution in [-0.2, 0) is 19.6 Å². The number of carbonyl (C=O) groups excluding carboxylic acids is 1. The number of nitrogens with one attached hydrogen (secondary N) is 1. The molecule has 102 valence electrons. The summed E-state index contributed by atoms with van der Waals surface area (Å²) < 4.78 is 30.3. The Morgan fingerprint density at radius 1 is 1.61 bits per heavy atom. The van der Waals surface area contributed by atoms with Crippen molar-refractivity contribution in [3.63, 3.8) is 0 Å². The molecular weight excluding hydrogens is 325 g/mol. The summed E-state index contributed by atoms with van der Waals surface area (Å²) in [6, 6.07) is -0.238. The van der Waals surface area contributed by atoms with Gasteiger partial charge < -0.3 is 9.84 Å². The Bertz CT molecular complexity index is 542. The molecule has 0 aliphatic carbocycles. The SMILES string of the molecule is COC(=O)C(CO)NS(=O)(=O)c1cc(Cl)sc1Cl. The first-order valence-electron chi connectivity index (χ1n) is 4.47. The van der Waals surface area contributed by atoms with Crippen LogP contribution in [0.15, 0.2) is 11.0 Å². The van der Waals surface area contributed by atoms with Gasteiger partial charge in [-0.15, -0.1) is 11.3 Å². The average molecular weight is 334 g/mol. The number of hydrogen-bond acceptors (Lipinski definition) is 6. The van der Waals surface area contributed by atoms with Crippen molar-refractivity contribution in [2.45, 2.75) is 10.9 Å². The van der Waals surface area contributed by atoms with Crippen molar-refractivity contribution in [3.05, 3.63) is 14.7 Å². The maximum Gasteiger partial charge on any atom is 0.326 e. The summed E-state index contributed by atoms with van der Waals surface area (Å²) in [4.78, 5) is 10.9. The molecule has 1 unspecified atom stereocenters. The fourth-order valence-electron chi connectivity index (χ4n) is 1.06. The molecule has 0 radical (unpaired) electrons. The predicted octanol–water partition coefficient (Wildman–Crippen LogP) is 0.867. The van der Waals surface area contributed by atoms with E-state index in [1.807, 2.05) is 4.72 Å². The highest BCUT2D eigenvalue weighted by Gasteiger charge is 2.28. The molecule has 0 bridgehead atoms. The van der Waals surface area contributed by atoms with E-state index in [4.69, 9.17) is 28.3 Å². The first-order valence-corrected chi connectivity index (χ1v) is 7.53. The van der Waals surface area contributed by atoms with Gasteiger partial charge in [-0.1, -0.05) is 23.2 Å². The molecule has 0 amide bonds. The topological polar surface area (TPSA) is 92.7 Å². The third-order valence-corrected chi connectivity index (χ3v) is 5.11. The molecule has 1 atom stereocenters. The van der Waals surface area contributed by atoms with E-state index in [0.717, 1.165) is 24.5 Å². The minimum absolute atomic E-state index is 0.0333. The van der Waals surface area contributed by atoms with E-state index in [9.17, 15) is 13.2 Å². The molecule has 0 saturated carbocycles. The average Bonchev–Trinajstić information content (AvgIpc) is 2.65. The summed E-state index contributed by atoms with van der Waals surface area (Å²) in [5.41, 5.74) is 0. The predicted molar refractivity (Wildman–Crippen MR) is 67.6 cm³/mol. The fraction of sp³-hybridized carbons (Fsp3) is 0.375. The second-order valence-electron chi connectivity index (χ2n) is 3.07. The van der Waals surface area contributed by atoms with Crippen LogP contribution in [0.5, 0.6) is 0 Å². The number of rotatable bonds is 5. The van der Waals surface area contributed by atoms with Gasteiger partial charge in [0, 0.05) is 0 Å². The van der Waals surface area contributed by atoms with Crippen molar-refractivity contribution in [2.75, 3.05) is 13.7 Å². The number of halogens is 2. The molecule has 18 heavy (non-hydrogen) atoms. The Morgan fingerprint density at radius 2 is 2.22 bits per heavy atom. The molecule has 1 aromatic heterocycles. The number of esters is 1. The van der Waals surface area contributed by atoms with Gasteiger partial charge in [0.25, 0.3) is 0 Å². The number of aliphatic hydroxyl groups is 1. The van der Waals surface area contributed by atoms with Crippen molar-refractivity contribution in [1.82, 2.24) is 4.72 Å². The quantitative estimate of drug-likeness (QED) is 0.780. The highest BCUT2D eigenvalue weighted by molar-refractivity contribution is 7.89. The van der Waals surface area contributed by atoms with Gasteiger partial charge in [0.2, 0.25) is 10.0 Å². The fourth-order valence-corrected chi connectivity index (χ4v) is 4.39. The van der Waals surface area contributed by atoms with Gasteiger partial charge in [-0.25, -0.2) is 8.42 Å². The Morgan fingerprint density at radius 3 is 2.61 bits per heavy atom. The smallest absolute Gasteiger partial charge is 0.326 e. The Balaban J connectivity index is 3.01. The van der Waals surface area contributed by atoms with Gasteiger partial charge in [-0.05, 0) is 6.07 Å². The largest absolute Gasteiger partial charge is 0.468 e. The number of carbonyl (C=O) groups is 1. The Labute approximate surface area is 118 Å². The molecule has 2 N–H and O–H groups in total. The molecule has 0 aliphatic heterocycles. The molecule has 0 spiro atoms. The van der Waals surface area contributed by atoms with Crippen LogP contribution in [0.4, 0.5) is 0 Å². The maximum atomic E-state index is 11.9. The summed E-state index contributed by atoms with van der Waals surface area (Å²) >= 11 is 12.2. The summed E-state index contributed by atoms with van der Waals surface area (Å²) in [6.45, 7) is -0.735. The number of sulfonamides is 1. The number of ether oxygens (including phenoxy) is 1. The van der Waals surface area contributed by atoms with E-state index in [1.54, 1.807) is 0 Å². The number of hydrogen-bond donors (Lipinski definition) is 2. The van der Waals surface area contributed by atoms with Crippen molar-refractivity contribution in [2.24, 2.45) is 0 Å². The van der Waals surface area contributed by atoms with Crippen LogP contribution in [0.2, 0.25) is 8.67 Å². The van der Waals surface area contributed by atoms with Gasteiger partial charge in [-0.3, -0.25) is 4.79 Å². The summed E-state index contributed by atoms with van der Waals surface area (Å²) in [6.07, 6.45) is 0. The zero-order valence-corrected chi connectivity index (χ0v) is 12.2. The van der Waals surface area contributed by atoms with Gasteiger partial charge in [-0.2, -0.15) is 4.72 Å². The lowest BCUT2D eigenvalue weighted by molar-refractivity contribution is -0.143. The molecule has 0 aromatic carbocycles. The van der Waals surface area contributed by atoms with Crippen molar-refractivity contribution in [3.8, 4) is 0 Å². The van der Waals surface area contributed by atoms with Gasteiger partial charge in [0.1, 0.15) is 15.3 Å². The number of thiophene rings is 1. The minimum Gasteiger partial charge on any atom is -0.468 e. The molecule has 0 fully saturated rings. The molecule has 1 rings (SSSR count). The van der Waals surface area contributed by atoms with Crippen LogP contribution in [0, 0.1) is 0 Å². The van der Waals surface area contributed by atoms with Crippen LogP contribution >= 0.6 is 34.5 Å². The van der Waals surface area contributed by atoms with E-state index >= 15 is 0 Å². The third-order valence-electron chi connectivity index (χ3n) is 1.88. The molecule has 0 saturated heterocycles. The van der Waals surface area contributed by atoms with E-state index in [1.165, 1.54) is 0 Å². The first kappa shape index (κ1) is 15.7. The lowest BCUT2D eigenvalue weighted by Crippen LogP contribution is -2.43. The van der Waals surface area contributed by atoms with Crippen LogP contribution in [0.25, 0.3) is 0 Å². The summed E-state index contributed by atoms with van der Waals surface area (Å²) in [5, 5.41) is 8.93. The Hall–Kier alpha value is -0.380. The second-order valence-corrected chi connectivity index (χ2v) is 7.04. The van der Waals surface area contributed by atoms with Gasteiger partial charge in [0.05, 0.1) is 18.1 Å². The molecule has 1 heterocycles. The highest BCUT2D eigenvalue weighted by atomic mass is 35.5.